The Labute approximate surface area is 178 Å². The quantitative estimate of drug-likeness (QED) is 0.437. The van der Waals surface area contributed by atoms with Gasteiger partial charge in [-0.25, -0.2) is 4.98 Å². The Morgan fingerprint density at radius 1 is 1.07 bits per heavy atom. The number of nitrogens with zero attached hydrogens (tertiary/aromatic N) is 3. The molecule has 4 aromatic rings. The number of hydrogen-bond acceptors (Lipinski definition) is 6. The number of ether oxygens (including phenoxy) is 2. The van der Waals surface area contributed by atoms with Gasteiger partial charge in [-0.05, 0) is 61.0 Å². The fraction of sp³-hybridized carbons (Fsp3) is 0.174. The number of anilines is 1. The van der Waals surface area contributed by atoms with Crippen LogP contribution in [0.3, 0.4) is 0 Å². The number of fused-ring (bicyclic) bond motifs is 1. The first-order chi connectivity index (χ1) is 14.6. The van der Waals surface area contributed by atoms with E-state index in [1.807, 2.05) is 37.3 Å². The first kappa shape index (κ1) is 19.8. The lowest BCUT2D eigenvalue weighted by Crippen LogP contribution is -2.34. The summed E-state index contributed by atoms with van der Waals surface area (Å²) >= 11 is 1.49. The van der Waals surface area contributed by atoms with Gasteiger partial charge in [-0.2, -0.15) is 0 Å². The van der Waals surface area contributed by atoms with Crippen LogP contribution in [0.4, 0.5) is 5.13 Å². The number of pyridine rings is 1. The van der Waals surface area contributed by atoms with E-state index in [0.717, 1.165) is 27.2 Å². The summed E-state index contributed by atoms with van der Waals surface area (Å²) in [5.74, 6) is 1.14. The van der Waals surface area contributed by atoms with Crippen LogP contribution < -0.4 is 14.4 Å². The van der Waals surface area contributed by atoms with Crippen LogP contribution in [0.5, 0.6) is 11.5 Å². The zero-order chi connectivity index (χ0) is 20.9. The summed E-state index contributed by atoms with van der Waals surface area (Å²) < 4.78 is 11.9. The largest absolute Gasteiger partial charge is 0.497 e. The van der Waals surface area contributed by atoms with Crippen molar-refractivity contribution in [2.75, 3.05) is 18.6 Å². The predicted molar refractivity (Wildman–Crippen MR) is 118 cm³/mol. The van der Waals surface area contributed by atoms with E-state index in [-0.39, 0.29) is 12.5 Å². The number of benzene rings is 2. The SMILES string of the molecule is COc1ccc(OCC(=O)N(Cc2ccccn2)c2nc3ccc(C)cc3s2)cc1. The maximum Gasteiger partial charge on any atom is 0.267 e. The van der Waals surface area contributed by atoms with E-state index in [9.17, 15) is 4.79 Å². The minimum Gasteiger partial charge on any atom is -0.497 e. The second kappa shape index (κ2) is 8.92. The third-order valence-corrected chi connectivity index (χ3v) is 5.57. The van der Waals surface area contributed by atoms with Crippen LogP contribution in [-0.4, -0.2) is 29.6 Å². The number of carbonyl (C=O) groups is 1. The molecule has 7 heteroatoms. The molecule has 0 aliphatic rings. The Morgan fingerprint density at radius 3 is 2.60 bits per heavy atom. The van der Waals surface area contributed by atoms with Crippen LogP contribution in [0.15, 0.2) is 66.9 Å². The molecule has 0 radical (unpaired) electrons. The standard InChI is InChI=1S/C23H21N3O3S/c1-16-6-11-20-21(13-16)30-23(25-20)26(14-17-5-3-4-12-24-17)22(27)15-29-19-9-7-18(28-2)8-10-19/h3-13H,14-15H2,1-2H3. The van der Waals surface area contributed by atoms with Crippen molar-refractivity contribution < 1.29 is 14.3 Å². The second-order valence-corrected chi connectivity index (χ2v) is 7.74. The third kappa shape index (κ3) is 4.58. The average molecular weight is 420 g/mol. The summed E-state index contributed by atoms with van der Waals surface area (Å²) in [6, 6.07) is 18.8. The van der Waals surface area contributed by atoms with E-state index >= 15 is 0 Å². The molecular weight excluding hydrogens is 398 g/mol. The van der Waals surface area contributed by atoms with Gasteiger partial charge >= 0.3 is 0 Å². The van der Waals surface area contributed by atoms with Gasteiger partial charge in [-0.3, -0.25) is 14.7 Å². The molecule has 0 atom stereocenters. The van der Waals surface area contributed by atoms with E-state index < -0.39 is 0 Å². The van der Waals surface area contributed by atoms with Gasteiger partial charge < -0.3 is 9.47 Å². The molecule has 0 spiro atoms. The maximum atomic E-state index is 13.1. The summed E-state index contributed by atoms with van der Waals surface area (Å²) in [5.41, 5.74) is 2.81. The molecule has 0 aliphatic heterocycles. The highest BCUT2D eigenvalue weighted by Crippen LogP contribution is 2.30. The topological polar surface area (TPSA) is 64.6 Å². The Morgan fingerprint density at radius 2 is 1.87 bits per heavy atom. The molecule has 6 nitrogen and oxygen atoms in total. The van der Waals surface area contributed by atoms with Crippen molar-refractivity contribution in [2.24, 2.45) is 0 Å². The lowest BCUT2D eigenvalue weighted by Gasteiger charge is -2.19. The van der Waals surface area contributed by atoms with Crippen LogP contribution in [-0.2, 0) is 11.3 Å². The minimum atomic E-state index is -0.188. The van der Waals surface area contributed by atoms with E-state index in [1.54, 1.807) is 42.5 Å². The highest BCUT2D eigenvalue weighted by Gasteiger charge is 2.21. The summed E-state index contributed by atoms with van der Waals surface area (Å²) in [7, 11) is 1.61. The molecule has 30 heavy (non-hydrogen) atoms. The average Bonchev–Trinajstić information content (AvgIpc) is 3.19. The summed E-state index contributed by atoms with van der Waals surface area (Å²) in [6.07, 6.45) is 1.72. The second-order valence-electron chi connectivity index (χ2n) is 6.73. The van der Waals surface area contributed by atoms with E-state index in [4.69, 9.17) is 9.47 Å². The molecule has 0 saturated heterocycles. The molecule has 0 saturated carbocycles. The van der Waals surface area contributed by atoms with Crippen LogP contribution in [0.1, 0.15) is 11.3 Å². The predicted octanol–water partition coefficient (Wildman–Crippen LogP) is 4.62. The number of hydrogen-bond donors (Lipinski definition) is 0. The zero-order valence-electron chi connectivity index (χ0n) is 16.7. The van der Waals surface area contributed by atoms with Gasteiger partial charge in [-0.1, -0.05) is 23.5 Å². The molecule has 0 fully saturated rings. The lowest BCUT2D eigenvalue weighted by molar-refractivity contribution is -0.120. The Bertz CT molecular complexity index is 1140. The normalized spacial score (nSPS) is 10.7. The molecule has 4 rings (SSSR count). The Hall–Kier alpha value is -3.45. The monoisotopic (exact) mass is 419 g/mol. The number of amides is 1. The van der Waals surface area contributed by atoms with Gasteiger partial charge in [0.15, 0.2) is 11.7 Å². The van der Waals surface area contributed by atoms with Gasteiger partial charge in [0.05, 0.1) is 29.6 Å². The molecule has 0 bridgehead atoms. The van der Waals surface area contributed by atoms with Gasteiger partial charge in [0.1, 0.15) is 11.5 Å². The molecule has 2 aromatic carbocycles. The number of carbonyl (C=O) groups excluding carboxylic acids is 1. The first-order valence-electron chi connectivity index (χ1n) is 9.47. The van der Waals surface area contributed by atoms with Crippen LogP contribution in [0, 0.1) is 6.92 Å². The van der Waals surface area contributed by atoms with Crippen LogP contribution in [0.2, 0.25) is 0 Å². The smallest absolute Gasteiger partial charge is 0.267 e. The van der Waals surface area contributed by atoms with Crippen molar-refractivity contribution >= 4 is 32.6 Å². The van der Waals surface area contributed by atoms with Crippen molar-refractivity contribution in [1.29, 1.82) is 0 Å². The number of aromatic nitrogens is 2. The molecule has 1 amide bonds. The molecule has 2 heterocycles. The number of rotatable bonds is 7. The minimum absolute atomic E-state index is 0.103. The highest BCUT2D eigenvalue weighted by atomic mass is 32.1. The van der Waals surface area contributed by atoms with E-state index in [0.29, 0.717) is 17.4 Å². The molecule has 0 N–H and O–H groups in total. The van der Waals surface area contributed by atoms with E-state index in [1.165, 1.54) is 11.3 Å². The van der Waals surface area contributed by atoms with Crippen molar-refractivity contribution in [3.63, 3.8) is 0 Å². The first-order valence-corrected chi connectivity index (χ1v) is 10.3. The molecule has 0 aliphatic carbocycles. The van der Waals surface area contributed by atoms with Gasteiger partial charge in [0, 0.05) is 6.20 Å². The number of thiazole rings is 1. The van der Waals surface area contributed by atoms with Crippen molar-refractivity contribution in [2.45, 2.75) is 13.5 Å². The van der Waals surface area contributed by atoms with Crippen molar-refractivity contribution in [1.82, 2.24) is 9.97 Å². The van der Waals surface area contributed by atoms with Gasteiger partial charge in [0.2, 0.25) is 0 Å². The fourth-order valence-corrected chi connectivity index (χ4v) is 4.03. The molecular formula is C23H21N3O3S. The maximum absolute atomic E-state index is 13.1. The lowest BCUT2D eigenvalue weighted by atomic mass is 10.2. The molecule has 0 unspecified atom stereocenters. The van der Waals surface area contributed by atoms with Crippen LogP contribution in [0.25, 0.3) is 10.2 Å². The van der Waals surface area contributed by atoms with Crippen molar-refractivity contribution in [3.8, 4) is 11.5 Å². The molecule has 2 aromatic heterocycles. The van der Waals surface area contributed by atoms with Gasteiger partial charge in [0.25, 0.3) is 5.91 Å². The molecule has 152 valence electrons. The summed E-state index contributed by atoms with van der Waals surface area (Å²) in [6.45, 7) is 2.26. The number of methoxy groups -OCH3 is 1. The van der Waals surface area contributed by atoms with Gasteiger partial charge in [-0.15, -0.1) is 0 Å². The van der Waals surface area contributed by atoms with E-state index in [2.05, 4.69) is 16.0 Å². The third-order valence-electron chi connectivity index (χ3n) is 4.53. The number of aryl methyl sites for hydroxylation is 1. The van der Waals surface area contributed by atoms with Crippen LogP contribution >= 0.6 is 11.3 Å². The fourth-order valence-electron chi connectivity index (χ4n) is 2.95. The highest BCUT2D eigenvalue weighted by molar-refractivity contribution is 7.22. The van der Waals surface area contributed by atoms with Crippen molar-refractivity contribution in [3.05, 3.63) is 78.1 Å². The summed E-state index contributed by atoms with van der Waals surface area (Å²) in [5, 5.41) is 0.629. The zero-order valence-corrected chi connectivity index (χ0v) is 17.6. The Balaban J connectivity index is 1.57. The summed E-state index contributed by atoms with van der Waals surface area (Å²) in [4.78, 5) is 23.8. The Kier molecular flexibility index (Phi) is 5.90.